The van der Waals surface area contributed by atoms with E-state index in [0.29, 0.717) is 12.1 Å². The van der Waals surface area contributed by atoms with Gasteiger partial charge in [0.1, 0.15) is 17.6 Å². The summed E-state index contributed by atoms with van der Waals surface area (Å²) in [6, 6.07) is 15.0. The molecule has 1 aromatic heterocycles. The minimum atomic E-state index is -0.219. The average Bonchev–Trinajstić information content (AvgIpc) is 3.17. The first-order chi connectivity index (χ1) is 12.6. The van der Waals surface area contributed by atoms with Crippen LogP contribution in [0.1, 0.15) is 19.8 Å². The predicted molar refractivity (Wildman–Crippen MR) is 98.8 cm³/mol. The van der Waals surface area contributed by atoms with Crippen LogP contribution in [0.4, 0.5) is 11.4 Å². The minimum Gasteiger partial charge on any atom is -0.324 e. The molecule has 2 heterocycles. The van der Waals surface area contributed by atoms with Crippen LogP contribution in [-0.2, 0) is 16.1 Å². The molecule has 1 saturated heterocycles. The number of nitrogens with zero attached hydrogens (tertiary/aromatic N) is 4. The Morgan fingerprint density at radius 1 is 1.15 bits per heavy atom. The lowest BCUT2D eigenvalue weighted by molar-refractivity contribution is -0.117. The van der Waals surface area contributed by atoms with Gasteiger partial charge >= 0.3 is 0 Å². The first kappa shape index (κ1) is 16.3. The standard InChI is InChI=1S/C19H19N5O2/c1-13-9-10-19(26)24(13)15-6-4-5-14(11-15)20-18(25)12-23-21-16-7-2-3-8-17(16)22-23/h2-8,11,13H,9-10,12H2,1H3,(H,20,25). The zero-order valence-corrected chi connectivity index (χ0v) is 14.4. The fourth-order valence-electron chi connectivity index (χ4n) is 3.26. The molecule has 3 aromatic rings. The molecule has 0 bridgehead atoms. The third-order valence-electron chi connectivity index (χ3n) is 4.51. The van der Waals surface area contributed by atoms with Gasteiger partial charge in [-0.2, -0.15) is 15.0 Å². The van der Waals surface area contributed by atoms with Crippen LogP contribution in [0.3, 0.4) is 0 Å². The molecule has 7 heteroatoms. The molecule has 1 aliphatic rings. The summed E-state index contributed by atoms with van der Waals surface area (Å²) < 4.78 is 0. The molecule has 26 heavy (non-hydrogen) atoms. The number of aromatic nitrogens is 3. The van der Waals surface area contributed by atoms with Crippen molar-refractivity contribution in [3.8, 4) is 0 Å². The van der Waals surface area contributed by atoms with E-state index in [-0.39, 0.29) is 24.4 Å². The van der Waals surface area contributed by atoms with Crippen LogP contribution in [0.2, 0.25) is 0 Å². The SMILES string of the molecule is CC1CCC(=O)N1c1cccc(NC(=O)Cn2nc3ccccc3n2)c1. The van der Waals surface area contributed by atoms with E-state index in [2.05, 4.69) is 15.5 Å². The Kier molecular flexibility index (Phi) is 4.12. The van der Waals surface area contributed by atoms with Crippen LogP contribution in [0, 0.1) is 0 Å². The highest BCUT2D eigenvalue weighted by atomic mass is 16.2. The Balaban J connectivity index is 1.47. The lowest BCUT2D eigenvalue weighted by Crippen LogP contribution is -2.30. The van der Waals surface area contributed by atoms with Crippen molar-refractivity contribution >= 4 is 34.2 Å². The van der Waals surface area contributed by atoms with Gasteiger partial charge in [0, 0.05) is 23.8 Å². The first-order valence-electron chi connectivity index (χ1n) is 8.62. The van der Waals surface area contributed by atoms with Crippen LogP contribution in [0.15, 0.2) is 48.5 Å². The smallest absolute Gasteiger partial charge is 0.247 e. The number of amides is 2. The van der Waals surface area contributed by atoms with Crippen LogP contribution in [0.5, 0.6) is 0 Å². The molecule has 1 aliphatic heterocycles. The summed E-state index contributed by atoms with van der Waals surface area (Å²) in [5.74, 6) is -0.100. The Morgan fingerprint density at radius 3 is 2.54 bits per heavy atom. The van der Waals surface area contributed by atoms with E-state index in [1.54, 1.807) is 11.0 Å². The summed E-state index contributed by atoms with van der Waals surface area (Å²) in [6.45, 7) is 2.06. The molecule has 0 aliphatic carbocycles. The maximum Gasteiger partial charge on any atom is 0.247 e. The number of carbonyl (C=O) groups excluding carboxylic acids is 2. The molecule has 2 aromatic carbocycles. The molecular formula is C19H19N5O2. The van der Waals surface area contributed by atoms with Crippen molar-refractivity contribution in [2.75, 3.05) is 10.2 Å². The van der Waals surface area contributed by atoms with Crippen molar-refractivity contribution in [1.29, 1.82) is 0 Å². The Bertz CT molecular complexity index is 948. The van der Waals surface area contributed by atoms with Crippen LogP contribution in [-0.4, -0.2) is 32.9 Å². The molecule has 0 radical (unpaired) electrons. The normalized spacial score (nSPS) is 17.0. The lowest BCUT2D eigenvalue weighted by atomic mass is 10.2. The fourth-order valence-corrected chi connectivity index (χ4v) is 3.26. The number of fused-ring (bicyclic) bond motifs is 1. The summed E-state index contributed by atoms with van der Waals surface area (Å²) in [5, 5.41) is 11.4. The van der Waals surface area contributed by atoms with Crippen molar-refractivity contribution in [2.45, 2.75) is 32.4 Å². The Hall–Kier alpha value is -3.22. The number of carbonyl (C=O) groups is 2. The number of anilines is 2. The van der Waals surface area contributed by atoms with Gasteiger partial charge in [-0.15, -0.1) is 0 Å². The molecule has 0 spiro atoms. The van der Waals surface area contributed by atoms with Gasteiger partial charge in [0.15, 0.2) is 0 Å². The minimum absolute atomic E-state index is 0.0257. The van der Waals surface area contributed by atoms with Gasteiger partial charge in [-0.05, 0) is 43.7 Å². The molecule has 0 saturated carbocycles. The molecule has 7 nitrogen and oxygen atoms in total. The largest absolute Gasteiger partial charge is 0.324 e. The second-order valence-electron chi connectivity index (χ2n) is 6.47. The highest BCUT2D eigenvalue weighted by Gasteiger charge is 2.28. The van der Waals surface area contributed by atoms with E-state index in [1.165, 1.54) is 4.80 Å². The zero-order chi connectivity index (χ0) is 18.1. The van der Waals surface area contributed by atoms with Crippen LogP contribution >= 0.6 is 0 Å². The van der Waals surface area contributed by atoms with Gasteiger partial charge in [-0.25, -0.2) is 0 Å². The quantitative estimate of drug-likeness (QED) is 0.785. The number of rotatable bonds is 4. The van der Waals surface area contributed by atoms with Gasteiger partial charge in [-0.1, -0.05) is 18.2 Å². The fraction of sp³-hybridized carbons (Fsp3) is 0.263. The topological polar surface area (TPSA) is 80.1 Å². The third kappa shape index (κ3) is 3.15. The van der Waals surface area contributed by atoms with Gasteiger partial charge in [0.2, 0.25) is 11.8 Å². The summed E-state index contributed by atoms with van der Waals surface area (Å²) >= 11 is 0. The number of hydrogen-bond donors (Lipinski definition) is 1. The predicted octanol–water partition coefficient (Wildman–Crippen LogP) is 2.59. The highest BCUT2D eigenvalue weighted by molar-refractivity contribution is 5.97. The zero-order valence-electron chi connectivity index (χ0n) is 14.4. The van der Waals surface area contributed by atoms with Crippen molar-refractivity contribution in [3.05, 3.63) is 48.5 Å². The maximum atomic E-state index is 12.3. The maximum absolute atomic E-state index is 12.3. The van der Waals surface area contributed by atoms with Crippen molar-refractivity contribution in [2.24, 2.45) is 0 Å². The van der Waals surface area contributed by atoms with Gasteiger partial charge in [0.25, 0.3) is 0 Å². The number of nitrogens with one attached hydrogen (secondary N) is 1. The molecule has 1 N–H and O–H groups in total. The highest BCUT2D eigenvalue weighted by Crippen LogP contribution is 2.28. The molecule has 2 amide bonds. The summed E-state index contributed by atoms with van der Waals surface area (Å²) in [7, 11) is 0. The number of hydrogen-bond acceptors (Lipinski definition) is 4. The molecular weight excluding hydrogens is 330 g/mol. The summed E-state index contributed by atoms with van der Waals surface area (Å²) in [5.41, 5.74) is 2.96. The Labute approximate surface area is 150 Å². The van der Waals surface area contributed by atoms with E-state index in [9.17, 15) is 9.59 Å². The van der Waals surface area contributed by atoms with E-state index >= 15 is 0 Å². The van der Waals surface area contributed by atoms with Gasteiger partial charge in [-0.3, -0.25) is 9.59 Å². The second kappa shape index (κ2) is 6.59. The average molecular weight is 349 g/mol. The monoisotopic (exact) mass is 349 g/mol. The van der Waals surface area contributed by atoms with E-state index in [4.69, 9.17) is 0 Å². The molecule has 1 fully saturated rings. The summed E-state index contributed by atoms with van der Waals surface area (Å²) in [4.78, 5) is 27.6. The van der Waals surface area contributed by atoms with E-state index in [0.717, 1.165) is 23.1 Å². The molecule has 4 rings (SSSR count). The van der Waals surface area contributed by atoms with Gasteiger partial charge in [0.05, 0.1) is 0 Å². The van der Waals surface area contributed by atoms with Gasteiger partial charge < -0.3 is 10.2 Å². The van der Waals surface area contributed by atoms with Crippen molar-refractivity contribution in [1.82, 2.24) is 15.0 Å². The summed E-state index contributed by atoms with van der Waals surface area (Å²) in [6.07, 6.45) is 1.42. The molecule has 1 atom stereocenters. The lowest BCUT2D eigenvalue weighted by Gasteiger charge is -2.22. The van der Waals surface area contributed by atoms with Crippen LogP contribution < -0.4 is 10.2 Å². The van der Waals surface area contributed by atoms with Crippen LogP contribution in [0.25, 0.3) is 11.0 Å². The van der Waals surface area contributed by atoms with Crippen molar-refractivity contribution < 1.29 is 9.59 Å². The third-order valence-corrected chi connectivity index (χ3v) is 4.51. The Morgan fingerprint density at radius 2 is 1.88 bits per heavy atom. The van der Waals surface area contributed by atoms with Crippen molar-refractivity contribution in [3.63, 3.8) is 0 Å². The van der Waals surface area contributed by atoms with E-state index < -0.39 is 0 Å². The van der Waals surface area contributed by atoms with E-state index in [1.807, 2.05) is 49.4 Å². The number of benzene rings is 2. The molecule has 1 unspecified atom stereocenters. The second-order valence-corrected chi connectivity index (χ2v) is 6.47. The first-order valence-corrected chi connectivity index (χ1v) is 8.62. The molecule has 132 valence electrons.